The quantitative estimate of drug-likeness (QED) is 0.560. The average Bonchev–Trinajstić information content (AvgIpc) is 2.73. The lowest BCUT2D eigenvalue weighted by Crippen LogP contribution is -2.47. The standard InChI is InChI=1S/C22H32ClN3O5/c1-4-30-21(29)26-14-11-17(12-15-26)25-19(27)6-5-13-24-20(28)22(2,3)31-18-9-7-16(23)8-10-18/h7-10,17H,4-6,11-15H2,1-3H3,(H,24,28)(H,25,27). The highest BCUT2D eigenvalue weighted by Crippen LogP contribution is 2.21. The van der Waals surface area contributed by atoms with Gasteiger partial charge in [-0.3, -0.25) is 9.59 Å². The van der Waals surface area contributed by atoms with Crippen LogP contribution in [0.5, 0.6) is 5.75 Å². The molecule has 0 aromatic heterocycles. The molecule has 1 aliphatic rings. The highest BCUT2D eigenvalue weighted by Gasteiger charge is 2.29. The normalized spacial score (nSPS) is 14.6. The van der Waals surface area contributed by atoms with Crippen molar-refractivity contribution in [3.05, 3.63) is 29.3 Å². The van der Waals surface area contributed by atoms with Crippen molar-refractivity contribution >= 4 is 29.5 Å². The van der Waals surface area contributed by atoms with E-state index < -0.39 is 5.60 Å². The summed E-state index contributed by atoms with van der Waals surface area (Å²) in [6.45, 7) is 7.03. The van der Waals surface area contributed by atoms with E-state index in [4.69, 9.17) is 21.1 Å². The maximum absolute atomic E-state index is 12.4. The molecule has 1 saturated heterocycles. The van der Waals surface area contributed by atoms with Gasteiger partial charge in [0, 0.05) is 37.1 Å². The molecule has 0 radical (unpaired) electrons. The highest BCUT2D eigenvalue weighted by atomic mass is 35.5. The van der Waals surface area contributed by atoms with Gasteiger partial charge in [0.05, 0.1) is 6.61 Å². The Balaban J connectivity index is 1.63. The topological polar surface area (TPSA) is 97.0 Å². The summed E-state index contributed by atoms with van der Waals surface area (Å²) >= 11 is 5.86. The first-order valence-electron chi connectivity index (χ1n) is 10.6. The fraction of sp³-hybridized carbons (Fsp3) is 0.591. The van der Waals surface area contributed by atoms with Crippen molar-refractivity contribution in [2.45, 2.75) is 58.1 Å². The monoisotopic (exact) mass is 453 g/mol. The van der Waals surface area contributed by atoms with Crippen molar-refractivity contribution < 1.29 is 23.9 Å². The van der Waals surface area contributed by atoms with Gasteiger partial charge in [-0.05, 0) is 64.3 Å². The second kappa shape index (κ2) is 11.8. The van der Waals surface area contributed by atoms with Gasteiger partial charge >= 0.3 is 6.09 Å². The third kappa shape index (κ3) is 8.28. The summed E-state index contributed by atoms with van der Waals surface area (Å²) in [6, 6.07) is 6.87. The average molecular weight is 454 g/mol. The number of ether oxygens (including phenoxy) is 2. The molecule has 0 aliphatic carbocycles. The third-order valence-electron chi connectivity index (χ3n) is 4.99. The van der Waals surface area contributed by atoms with E-state index in [9.17, 15) is 14.4 Å². The predicted octanol–water partition coefficient (Wildman–Crippen LogP) is 3.13. The number of nitrogens with one attached hydrogen (secondary N) is 2. The molecule has 0 atom stereocenters. The van der Waals surface area contributed by atoms with Gasteiger partial charge in [0.25, 0.3) is 5.91 Å². The van der Waals surface area contributed by atoms with E-state index in [0.29, 0.717) is 62.7 Å². The van der Waals surface area contributed by atoms with Gasteiger partial charge in [-0.1, -0.05) is 11.6 Å². The second-order valence-corrected chi connectivity index (χ2v) is 8.39. The van der Waals surface area contributed by atoms with Gasteiger partial charge in [0.15, 0.2) is 5.60 Å². The van der Waals surface area contributed by atoms with Crippen LogP contribution in [0.1, 0.15) is 46.5 Å². The summed E-state index contributed by atoms with van der Waals surface area (Å²) in [5.74, 6) is 0.243. The predicted molar refractivity (Wildman–Crippen MR) is 118 cm³/mol. The van der Waals surface area contributed by atoms with Crippen LogP contribution < -0.4 is 15.4 Å². The van der Waals surface area contributed by atoms with E-state index in [0.717, 1.165) is 0 Å². The van der Waals surface area contributed by atoms with Gasteiger partial charge in [0.1, 0.15) is 5.75 Å². The third-order valence-corrected chi connectivity index (χ3v) is 5.24. The number of piperidine rings is 1. The summed E-state index contributed by atoms with van der Waals surface area (Å²) in [5, 5.41) is 6.41. The first kappa shape index (κ1) is 24.8. The molecule has 172 valence electrons. The van der Waals surface area contributed by atoms with E-state index in [1.165, 1.54) is 0 Å². The summed E-state index contributed by atoms with van der Waals surface area (Å²) in [4.78, 5) is 38.0. The van der Waals surface area contributed by atoms with E-state index in [-0.39, 0.29) is 23.9 Å². The fourth-order valence-corrected chi connectivity index (χ4v) is 3.35. The van der Waals surface area contributed by atoms with Crippen molar-refractivity contribution in [3.8, 4) is 5.75 Å². The lowest BCUT2D eigenvalue weighted by atomic mass is 10.1. The number of rotatable bonds is 9. The van der Waals surface area contributed by atoms with E-state index in [1.54, 1.807) is 49.9 Å². The molecule has 0 saturated carbocycles. The van der Waals surface area contributed by atoms with Crippen LogP contribution in [0.2, 0.25) is 5.02 Å². The van der Waals surface area contributed by atoms with Crippen LogP contribution in [0, 0.1) is 0 Å². The number of nitrogens with zero attached hydrogens (tertiary/aromatic N) is 1. The number of hydrogen-bond acceptors (Lipinski definition) is 5. The Bertz CT molecular complexity index is 746. The van der Waals surface area contributed by atoms with Crippen LogP contribution >= 0.6 is 11.6 Å². The second-order valence-electron chi connectivity index (χ2n) is 7.95. The number of carbonyl (C=O) groups is 3. The summed E-state index contributed by atoms with van der Waals surface area (Å²) < 4.78 is 10.7. The van der Waals surface area contributed by atoms with Crippen LogP contribution in [0.15, 0.2) is 24.3 Å². The Hall–Kier alpha value is -2.48. The summed E-state index contributed by atoms with van der Waals surface area (Å²) in [7, 11) is 0. The largest absolute Gasteiger partial charge is 0.478 e. The van der Waals surface area contributed by atoms with Crippen LogP contribution in [0.4, 0.5) is 4.79 Å². The first-order valence-corrected chi connectivity index (χ1v) is 11.0. The van der Waals surface area contributed by atoms with Crippen molar-refractivity contribution in [3.63, 3.8) is 0 Å². The van der Waals surface area contributed by atoms with E-state index >= 15 is 0 Å². The molecule has 1 heterocycles. The number of likely N-dealkylation sites (tertiary alicyclic amines) is 1. The Morgan fingerprint density at radius 1 is 1.16 bits per heavy atom. The zero-order valence-corrected chi connectivity index (χ0v) is 19.2. The van der Waals surface area contributed by atoms with Crippen LogP contribution in [-0.2, 0) is 14.3 Å². The SMILES string of the molecule is CCOC(=O)N1CCC(NC(=O)CCCNC(=O)C(C)(C)Oc2ccc(Cl)cc2)CC1. The van der Waals surface area contributed by atoms with Gasteiger partial charge in [-0.15, -0.1) is 0 Å². The minimum Gasteiger partial charge on any atom is -0.478 e. The van der Waals surface area contributed by atoms with E-state index in [2.05, 4.69) is 10.6 Å². The van der Waals surface area contributed by atoms with Crippen molar-refractivity contribution in [1.82, 2.24) is 15.5 Å². The Morgan fingerprint density at radius 3 is 2.42 bits per heavy atom. The number of amides is 3. The molecule has 8 nitrogen and oxygen atoms in total. The lowest BCUT2D eigenvalue weighted by molar-refractivity contribution is -0.134. The maximum atomic E-state index is 12.4. The minimum absolute atomic E-state index is 0.0551. The molecular formula is C22H32ClN3O5. The number of carbonyl (C=O) groups excluding carboxylic acids is 3. The molecule has 3 amide bonds. The number of hydrogen-bond donors (Lipinski definition) is 2. The van der Waals surface area contributed by atoms with E-state index in [1.807, 2.05) is 0 Å². The molecule has 1 fully saturated rings. The summed E-state index contributed by atoms with van der Waals surface area (Å²) in [6.07, 6.45) is 1.95. The molecule has 0 spiro atoms. The zero-order chi connectivity index (χ0) is 22.9. The fourth-order valence-electron chi connectivity index (χ4n) is 3.23. The van der Waals surface area contributed by atoms with Gasteiger partial charge in [-0.2, -0.15) is 0 Å². The van der Waals surface area contributed by atoms with Crippen LogP contribution in [-0.4, -0.2) is 60.7 Å². The first-order chi connectivity index (χ1) is 14.7. The van der Waals surface area contributed by atoms with Gasteiger partial charge in [0.2, 0.25) is 5.91 Å². The van der Waals surface area contributed by atoms with Crippen molar-refractivity contribution in [2.24, 2.45) is 0 Å². The molecule has 1 aromatic carbocycles. The highest BCUT2D eigenvalue weighted by molar-refractivity contribution is 6.30. The van der Waals surface area contributed by atoms with Crippen LogP contribution in [0.25, 0.3) is 0 Å². The Kier molecular flexibility index (Phi) is 9.43. The smallest absolute Gasteiger partial charge is 0.409 e. The maximum Gasteiger partial charge on any atom is 0.409 e. The van der Waals surface area contributed by atoms with Crippen LogP contribution in [0.3, 0.4) is 0 Å². The number of benzene rings is 1. The lowest BCUT2D eigenvalue weighted by Gasteiger charge is -2.31. The molecule has 2 rings (SSSR count). The molecule has 0 bridgehead atoms. The molecule has 31 heavy (non-hydrogen) atoms. The van der Waals surface area contributed by atoms with Crippen molar-refractivity contribution in [2.75, 3.05) is 26.2 Å². The number of halogens is 1. The molecule has 9 heteroatoms. The molecule has 1 aromatic rings. The van der Waals surface area contributed by atoms with Gasteiger partial charge < -0.3 is 25.0 Å². The molecule has 1 aliphatic heterocycles. The molecular weight excluding hydrogens is 422 g/mol. The summed E-state index contributed by atoms with van der Waals surface area (Å²) in [5.41, 5.74) is -1.05. The minimum atomic E-state index is -1.05. The zero-order valence-electron chi connectivity index (χ0n) is 18.4. The van der Waals surface area contributed by atoms with Crippen molar-refractivity contribution in [1.29, 1.82) is 0 Å². The Morgan fingerprint density at radius 2 is 1.81 bits per heavy atom. The Labute approximate surface area is 188 Å². The molecule has 0 unspecified atom stereocenters. The molecule has 2 N–H and O–H groups in total. The van der Waals surface area contributed by atoms with Gasteiger partial charge in [-0.25, -0.2) is 4.79 Å².